The van der Waals surface area contributed by atoms with Gasteiger partial charge in [-0.15, -0.1) is 0 Å². The highest BCUT2D eigenvalue weighted by atomic mass is 16.6. The molecule has 1 aliphatic carbocycles. The zero-order chi connectivity index (χ0) is 7.84. The van der Waals surface area contributed by atoms with E-state index >= 15 is 0 Å². The van der Waals surface area contributed by atoms with Gasteiger partial charge in [-0.3, -0.25) is 4.79 Å². The lowest BCUT2D eigenvalue weighted by molar-refractivity contribution is -0.146. The highest BCUT2D eigenvalue weighted by Gasteiger charge is 2.45. The van der Waals surface area contributed by atoms with E-state index in [-0.39, 0.29) is 11.9 Å². The van der Waals surface area contributed by atoms with E-state index in [1.165, 1.54) is 7.11 Å². The van der Waals surface area contributed by atoms with Gasteiger partial charge in [0.2, 0.25) is 0 Å². The molecular formula is C8H12O3. The summed E-state index contributed by atoms with van der Waals surface area (Å²) in [4.78, 5) is 11.1. The van der Waals surface area contributed by atoms with Gasteiger partial charge in [-0.2, -0.15) is 0 Å². The summed E-state index contributed by atoms with van der Waals surface area (Å²) in [6.45, 7) is 0. The van der Waals surface area contributed by atoms with Gasteiger partial charge in [-0.05, 0) is 19.3 Å². The van der Waals surface area contributed by atoms with Crippen LogP contribution in [0.15, 0.2) is 0 Å². The molecule has 0 unspecified atom stereocenters. The van der Waals surface area contributed by atoms with E-state index in [0.717, 1.165) is 19.3 Å². The molecule has 2 rings (SSSR count). The minimum absolute atomic E-state index is 0.0704. The number of fused-ring (bicyclic) bond motifs is 1. The van der Waals surface area contributed by atoms with Crippen LogP contribution in [0.3, 0.4) is 0 Å². The number of carbonyl (C=O) groups is 1. The molecule has 1 heterocycles. The maximum absolute atomic E-state index is 11.1. The van der Waals surface area contributed by atoms with E-state index in [9.17, 15) is 4.79 Å². The van der Waals surface area contributed by atoms with Gasteiger partial charge in [0.1, 0.15) is 0 Å². The molecule has 11 heavy (non-hydrogen) atoms. The smallest absolute Gasteiger partial charge is 0.308 e. The summed E-state index contributed by atoms with van der Waals surface area (Å²) in [6.07, 6.45) is 3.68. The van der Waals surface area contributed by atoms with E-state index in [2.05, 4.69) is 4.74 Å². The van der Waals surface area contributed by atoms with Gasteiger partial charge in [-0.25, -0.2) is 0 Å². The zero-order valence-electron chi connectivity index (χ0n) is 6.58. The molecule has 0 amide bonds. The summed E-state index contributed by atoms with van der Waals surface area (Å²) in [5.74, 6) is 0.0303. The van der Waals surface area contributed by atoms with E-state index in [4.69, 9.17) is 4.74 Å². The van der Waals surface area contributed by atoms with Crippen LogP contribution in [0.2, 0.25) is 0 Å². The summed E-state index contributed by atoms with van der Waals surface area (Å²) >= 11 is 0. The summed E-state index contributed by atoms with van der Waals surface area (Å²) in [6, 6.07) is 0. The molecule has 1 saturated heterocycles. The molecule has 0 aromatic heterocycles. The number of esters is 1. The largest absolute Gasteiger partial charge is 0.469 e. The van der Waals surface area contributed by atoms with Crippen LogP contribution in [0.5, 0.6) is 0 Å². The van der Waals surface area contributed by atoms with Gasteiger partial charge in [0, 0.05) is 0 Å². The van der Waals surface area contributed by atoms with Crippen LogP contribution in [0.25, 0.3) is 0 Å². The van der Waals surface area contributed by atoms with Gasteiger partial charge < -0.3 is 9.47 Å². The van der Waals surface area contributed by atoms with Crippen LogP contribution in [0.1, 0.15) is 19.3 Å². The van der Waals surface area contributed by atoms with Crippen molar-refractivity contribution in [2.24, 2.45) is 5.92 Å². The molecule has 3 atom stereocenters. The van der Waals surface area contributed by atoms with Crippen LogP contribution >= 0.6 is 0 Å². The predicted molar refractivity (Wildman–Crippen MR) is 38.0 cm³/mol. The molecule has 62 valence electrons. The van der Waals surface area contributed by atoms with Gasteiger partial charge in [0.05, 0.1) is 25.2 Å². The van der Waals surface area contributed by atoms with Crippen molar-refractivity contribution in [2.75, 3.05) is 7.11 Å². The first-order valence-corrected chi connectivity index (χ1v) is 4.04. The average molecular weight is 156 g/mol. The van der Waals surface area contributed by atoms with Gasteiger partial charge >= 0.3 is 5.97 Å². The molecule has 3 heteroatoms. The number of hydrogen-bond acceptors (Lipinski definition) is 3. The second-order valence-electron chi connectivity index (χ2n) is 3.25. The number of ether oxygens (including phenoxy) is 2. The molecule has 2 fully saturated rings. The molecule has 0 bridgehead atoms. The first-order valence-electron chi connectivity index (χ1n) is 4.04. The van der Waals surface area contributed by atoms with E-state index in [0.29, 0.717) is 12.2 Å². The molecule has 0 N–H and O–H groups in total. The highest BCUT2D eigenvalue weighted by molar-refractivity contribution is 5.72. The van der Waals surface area contributed by atoms with E-state index in [1.807, 2.05) is 0 Å². The van der Waals surface area contributed by atoms with Crippen molar-refractivity contribution in [2.45, 2.75) is 31.5 Å². The fourth-order valence-corrected chi connectivity index (χ4v) is 1.78. The lowest BCUT2D eigenvalue weighted by atomic mass is 9.89. The standard InChI is InChI=1S/C8H12O3/c1-10-8(9)5-2-3-6-7(4-5)11-6/h5-7H,2-4H2,1H3/t5-,6+,7+/m1/s1. The first-order chi connectivity index (χ1) is 5.31. The minimum Gasteiger partial charge on any atom is -0.469 e. The number of methoxy groups -OCH3 is 1. The summed E-state index contributed by atoms with van der Waals surface area (Å²) in [5, 5.41) is 0. The fraction of sp³-hybridized carbons (Fsp3) is 0.875. The van der Waals surface area contributed by atoms with Crippen molar-refractivity contribution in [1.82, 2.24) is 0 Å². The third-order valence-corrected chi connectivity index (χ3v) is 2.54. The SMILES string of the molecule is COC(=O)[C@@H]1CC[C@@H]2O[C@H]2C1. The molecule has 1 saturated carbocycles. The zero-order valence-corrected chi connectivity index (χ0v) is 6.58. The monoisotopic (exact) mass is 156 g/mol. The maximum Gasteiger partial charge on any atom is 0.308 e. The van der Waals surface area contributed by atoms with E-state index in [1.54, 1.807) is 0 Å². The van der Waals surface area contributed by atoms with Crippen LogP contribution in [-0.4, -0.2) is 25.3 Å². The lowest BCUT2D eigenvalue weighted by Crippen LogP contribution is -2.22. The Hall–Kier alpha value is -0.570. The Morgan fingerprint density at radius 3 is 2.91 bits per heavy atom. The second kappa shape index (κ2) is 2.48. The van der Waals surface area contributed by atoms with Crippen molar-refractivity contribution in [3.8, 4) is 0 Å². The van der Waals surface area contributed by atoms with Crippen LogP contribution in [0, 0.1) is 5.92 Å². The molecule has 3 nitrogen and oxygen atoms in total. The Morgan fingerprint density at radius 2 is 2.27 bits per heavy atom. The number of carbonyl (C=O) groups excluding carboxylic acids is 1. The Labute approximate surface area is 65.7 Å². The summed E-state index contributed by atoms with van der Waals surface area (Å²) in [5.41, 5.74) is 0. The molecule has 1 aliphatic heterocycles. The van der Waals surface area contributed by atoms with Crippen molar-refractivity contribution >= 4 is 5.97 Å². The molecular weight excluding hydrogens is 144 g/mol. The summed E-state index contributed by atoms with van der Waals surface area (Å²) in [7, 11) is 1.45. The van der Waals surface area contributed by atoms with Gasteiger partial charge in [0.25, 0.3) is 0 Å². The lowest BCUT2D eigenvalue weighted by Gasteiger charge is -2.15. The molecule has 0 aromatic carbocycles. The number of epoxide rings is 1. The Balaban J connectivity index is 1.89. The van der Waals surface area contributed by atoms with Crippen LogP contribution < -0.4 is 0 Å². The van der Waals surface area contributed by atoms with Crippen molar-refractivity contribution in [3.63, 3.8) is 0 Å². The molecule has 2 aliphatic rings. The first kappa shape index (κ1) is 7.10. The topological polar surface area (TPSA) is 38.8 Å². The average Bonchev–Trinajstić information content (AvgIpc) is 2.80. The number of hydrogen-bond donors (Lipinski definition) is 0. The Kier molecular flexibility index (Phi) is 1.60. The predicted octanol–water partition coefficient (Wildman–Crippen LogP) is 0.727. The quantitative estimate of drug-likeness (QED) is 0.415. The maximum atomic E-state index is 11.1. The third-order valence-electron chi connectivity index (χ3n) is 2.54. The minimum atomic E-state index is -0.0704. The molecule has 0 spiro atoms. The second-order valence-corrected chi connectivity index (χ2v) is 3.25. The normalized spacial score (nSPS) is 41.0. The molecule has 0 radical (unpaired) electrons. The van der Waals surface area contributed by atoms with Gasteiger partial charge in [0.15, 0.2) is 0 Å². The van der Waals surface area contributed by atoms with Crippen LogP contribution in [-0.2, 0) is 14.3 Å². The van der Waals surface area contributed by atoms with Crippen LogP contribution in [0.4, 0.5) is 0 Å². The Bertz CT molecular complexity index is 178. The number of rotatable bonds is 1. The van der Waals surface area contributed by atoms with Crippen molar-refractivity contribution < 1.29 is 14.3 Å². The van der Waals surface area contributed by atoms with E-state index < -0.39 is 0 Å². The highest BCUT2D eigenvalue weighted by Crippen LogP contribution is 2.39. The summed E-state index contributed by atoms with van der Waals surface area (Å²) < 4.78 is 9.96. The van der Waals surface area contributed by atoms with Gasteiger partial charge in [-0.1, -0.05) is 0 Å². The van der Waals surface area contributed by atoms with Crippen molar-refractivity contribution in [1.29, 1.82) is 0 Å². The third kappa shape index (κ3) is 1.25. The molecule has 0 aromatic rings. The Morgan fingerprint density at radius 1 is 1.45 bits per heavy atom. The van der Waals surface area contributed by atoms with Crippen molar-refractivity contribution in [3.05, 3.63) is 0 Å². The fourth-order valence-electron chi connectivity index (χ4n) is 1.78.